The minimum atomic E-state index is 0.123. The SMILES string of the molecule is C=CCC(N)Cc1ccccc1Cl. The van der Waals surface area contributed by atoms with Gasteiger partial charge in [-0.15, -0.1) is 6.58 Å². The molecule has 0 bridgehead atoms. The average Bonchev–Trinajstić information content (AvgIpc) is 2.09. The molecule has 70 valence electrons. The number of rotatable bonds is 4. The summed E-state index contributed by atoms with van der Waals surface area (Å²) in [7, 11) is 0. The summed E-state index contributed by atoms with van der Waals surface area (Å²) in [5, 5.41) is 0.794. The standard InChI is InChI=1S/C11H14ClN/c1-2-5-10(13)8-9-6-3-4-7-11(9)12/h2-4,6-7,10H,1,5,8,13H2. The summed E-state index contributed by atoms with van der Waals surface area (Å²) in [5.41, 5.74) is 6.96. The number of hydrogen-bond donors (Lipinski definition) is 1. The summed E-state index contributed by atoms with van der Waals surface area (Å²) in [6.45, 7) is 3.65. The van der Waals surface area contributed by atoms with Crippen LogP contribution < -0.4 is 5.73 Å². The van der Waals surface area contributed by atoms with Crippen LogP contribution in [0.5, 0.6) is 0 Å². The van der Waals surface area contributed by atoms with E-state index in [1.807, 2.05) is 30.3 Å². The van der Waals surface area contributed by atoms with Crippen LogP contribution in [0.4, 0.5) is 0 Å². The van der Waals surface area contributed by atoms with Crippen molar-refractivity contribution in [3.05, 3.63) is 47.5 Å². The molecule has 1 rings (SSSR count). The van der Waals surface area contributed by atoms with Crippen LogP contribution in [-0.4, -0.2) is 6.04 Å². The first-order valence-corrected chi connectivity index (χ1v) is 4.71. The molecule has 0 aliphatic rings. The molecule has 0 spiro atoms. The van der Waals surface area contributed by atoms with Crippen molar-refractivity contribution in [3.8, 4) is 0 Å². The third-order valence-electron chi connectivity index (χ3n) is 1.91. The van der Waals surface area contributed by atoms with E-state index in [4.69, 9.17) is 17.3 Å². The number of nitrogens with two attached hydrogens (primary N) is 1. The van der Waals surface area contributed by atoms with E-state index >= 15 is 0 Å². The van der Waals surface area contributed by atoms with Gasteiger partial charge in [-0.1, -0.05) is 35.9 Å². The first-order chi connectivity index (χ1) is 6.24. The van der Waals surface area contributed by atoms with E-state index in [9.17, 15) is 0 Å². The molecule has 0 heterocycles. The van der Waals surface area contributed by atoms with Crippen molar-refractivity contribution in [2.24, 2.45) is 5.73 Å². The van der Waals surface area contributed by atoms with Gasteiger partial charge >= 0.3 is 0 Å². The lowest BCUT2D eigenvalue weighted by atomic mass is 10.0. The molecule has 1 atom stereocenters. The summed E-state index contributed by atoms with van der Waals surface area (Å²) in [6.07, 6.45) is 3.47. The molecule has 0 amide bonds. The van der Waals surface area contributed by atoms with E-state index in [0.717, 1.165) is 23.4 Å². The molecule has 13 heavy (non-hydrogen) atoms. The maximum absolute atomic E-state index is 5.99. The average molecular weight is 196 g/mol. The molecule has 1 unspecified atom stereocenters. The van der Waals surface area contributed by atoms with Gasteiger partial charge in [-0.2, -0.15) is 0 Å². The van der Waals surface area contributed by atoms with Gasteiger partial charge < -0.3 is 5.73 Å². The minimum absolute atomic E-state index is 0.123. The van der Waals surface area contributed by atoms with Gasteiger partial charge in [-0.3, -0.25) is 0 Å². The highest BCUT2D eigenvalue weighted by Gasteiger charge is 2.04. The van der Waals surface area contributed by atoms with E-state index < -0.39 is 0 Å². The summed E-state index contributed by atoms with van der Waals surface area (Å²) >= 11 is 5.99. The Morgan fingerprint density at radius 3 is 2.77 bits per heavy atom. The lowest BCUT2D eigenvalue weighted by Crippen LogP contribution is -2.21. The topological polar surface area (TPSA) is 26.0 Å². The number of halogens is 1. The van der Waals surface area contributed by atoms with Gasteiger partial charge in [0.15, 0.2) is 0 Å². The molecule has 0 aliphatic heterocycles. The van der Waals surface area contributed by atoms with Crippen LogP contribution in [0.15, 0.2) is 36.9 Å². The molecule has 1 nitrogen and oxygen atoms in total. The second-order valence-corrected chi connectivity index (χ2v) is 3.49. The van der Waals surface area contributed by atoms with Crippen molar-refractivity contribution in [3.63, 3.8) is 0 Å². The van der Waals surface area contributed by atoms with E-state index in [0.29, 0.717) is 0 Å². The zero-order valence-corrected chi connectivity index (χ0v) is 8.30. The van der Waals surface area contributed by atoms with E-state index in [-0.39, 0.29) is 6.04 Å². The Labute approximate surface area is 84.2 Å². The summed E-state index contributed by atoms with van der Waals surface area (Å²) in [4.78, 5) is 0. The zero-order valence-electron chi connectivity index (χ0n) is 7.54. The van der Waals surface area contributed by atoms with Crippen LogP contribution in [0, 0.1) is 0 Å². The molecule has 0 fully saturated rings. The highest BCUT2D eigenvalue weighted by atomic mass is 35.5. The molecule has 1 aromatic rings. The summed E-state index contributed by atoms with van der Waals surface area (Å²) in [5.74, 6) is 0. The fraction of sp³-hybridized carbons (Fsp3) is 0.273. The third-order valence-corrected chi connectivity index (χ3v) is 2.28. The predicted octanol–water partition coefficient (Wildman–Crippen LogP) is 2.79. The molecule has 1 aromatic carbocycles. The van der Waals surface area contributed by atoms with Gasteiger partial charge in [0.25, 0.3) is 0 Å². The largest absolute Gasteiger partial charge is 0.327 e. The van der Waals surface area contributed by atoms with Crippen LogP contribution in [-0.2, 0) is 6.42 Å². The number of hydrogen-bond acceptors (Lipinski definition) is 1. The van der Waals surface area contributed by atoms with Crippen LogP contribution in [0.3, 0.4) is 0 Å². The van der Waals surface area contributed by atoms with Crippen LogP contribution in [0.25, 0.3) is 0 Å². The number of benzene rings is 1. The van der Waals surface area contributed by atoms with E-state index in [1.165, 1.54) is 0 Å². The molecule has 0 radical (unpaired) electrons. The highest BCUT2D eigenvalue weighted by molar-refractivity contribution is 6.31. The lowest BCUT2D eigenvalue weighted by Gasteiger charge is -2.09. The molecular weight excluding hydrogens is 182 g/mol. The van der Waals surface area contributed by atoms with Gasteiger partial charge in [0.1, 0.15) is 0 Å². The minimum Gasteiger partial charge on any atom is -0.327 e. The predicted molar refractivity (Wildman–Crippen MR) is 57.9 cm³/mol. The van der Waals surface area contributed by atoms with E-state index in [1.54, 1.807) is 0 Å². The summed E-state index contributed by atoms with van der Waals surface area (Å²) < 4.78 is 0. The maximum Gasteiger partial charge on any atom is 0.0438 e. The van der Waals surface area contributed by atoms with Crippen molar-refractivity contribution in [1.82, 2.24) is 0 Å². The Bertz CT molecular complexity index is 283. The van der Waals surface area contributed by atoms with Gasteiger partial charge in [-0.25, -0.2) is 0 Å². The molecule has 2 N–H and O–H groups in total. The second kappa shape index (κ2) is 5.05. The van der Waals surface area contributed by atoms with Crippen LogP contribution in [0.1, 0.15) is 12.0 Å². The molecule has 0 aliphatic carbocycles. The zero-order chi connectivity index (χ0) is 9.68. The molecule has 0 saturated carbocycles. The Morgan fingerprint density at radius 2 is 2.15 bits per heavy atom. The maximum atomic E-state index is 5.99. The molecule has 2 heteroatoms. The molecule has 0 aromatic heterocycles. The van der Waals surface area contributed by atoms with E-state index in [2.05, 4.69) is 6.58 Å². The van der Waals surface area contributed by atoms with Gasteiger partial charge in [0.05, 0.1) is 0 Å². The van der Waals surface area contributed by atoms with Crippen molar-refractivity contribution in [2.75, 3.05) is 0 Å². The molecule has 0 saturated heterocycles. The Balaban J connectivity index is 2.63. The quantitative estimate of drug-likeness (QED) is 0.735. The molecular formula is C11H14ClN. The Hall–Kier alpha value is -0.790. The monoisotopic (exact) mass is 195 g/mol. The fourth-order valence-corrected chi connectivity index (χ4v) is 1.46. The van der Waals surface area contributed by atoms with Gasteiger partial charge in [-0.05, 0) is 24.5 Å². The van der Waals surface area contributed by atoms with Crippen molar-refractivity contribution < 1.29 is 0 Å². The van der Waals surface area contributed by atoms with Gasteiger partial charge in [0.2, 0.25) is 0 Å². The van der Waals surface area contributed by atoms with Crippen LogP contribution in [0.2, 0.25) is 5.02 Å². The smallest absolute Gasteiger partial charge is 0.0438 e. The fourth-order valence-electron chi connectivity index (χ4n) is 1.24. The highest BCUT2D eigenvalue weighted by Crippen LogP contribution is 2.16. The van der Waals surface area contributed by atoms with Crippen molar-refractivity contribution in [1.29, 1.82) is 0 Å². The third kappa shape index (κ3) is 3.21. The summed E-state index contributed by atoms with van der Waals surface area (Å²) in [6, 6.07) is 7.91. The second-order valence-electron chi connectivity index (χ2n) is 3.08. The first kappa shape index (κ1) is 10.3. The van der Waals surface area contributed by atoms with Gasteiger partial charge in [0, 0.05) is 11.1 Å². The van der Waals surface area contributed by atoms with Crippen LogP contribution >= 0.6 is 11.6 Å². The Kier molecular flexibility index (Phi) is 4.00. The first-order valence-electron chi connectivity index (χ1n) is 4.34. The van der Waals surface area contributed by atoms with Crippen molar-refractivity contribution >= 4 is 11.6 Å². The van der Waals surface area contributed by atoms with Crippen molar-refractivity contribution in [2.45, 2.75) is 18.9 Å². The lowest BCUT2D eigenvalue weighted by molar-refractivity contribution is 0.680. The normalized spacial score (nSPS) is 12.5. The Morgan fingerprint density at radius 1 is 1.46 bits per heavy atom.